The highest BCUT2D eigenvalue weighted by molar-refractivity contribution is 7.93. The number of aryl methyl sites for hydroxylation is 1. The second-order valence-electron chi connectivity index (χ2n) is 9.70. The molecule has 0 saturated heterocycles. The van der Waals surface area contributed by atoms with E-state index in [1.165, 1.54) is 6.07 Å². The molecule has 174 valence electrons. The minimum Gasteiger partial charge on any atom is -0.392 e. The van der Waals surface area contributed by atoms with Crippen molar-refractivity contribution in [1.82, 2.24) is 4.98 Å². The summed E-state index contributed by atoms with van der Waals surface area (Å²) in [5, 5.41) is 28.8. The summed E-state index contributed by atoms with van der Waals surface area (Å²) in [7, 11) is -3.56. The second-order valence-corrected chi connectivity index (χ2v) is 12.8. The summed E-state index contributed by atoms with van der Waals surface area (Å²) in [6, 6.07) is 0.676. The van der Waals surface area contributed by atoms with Gasteiger partial charge in [0, 0.05) is 16.0 Å². The summed E-state index contributed by atoms with van der Waals surface area (Å²) < 4.78 is 17.1. The lowest BCUT2D eigenvalue weighted by molar-refractivity contribution is 0.0801. The van der Waals surface area contributed by atoms with Gasteiger partial charge in [0.25, 0.3) is 0 Å². The number of rotatable bonds is 4. The number of thiophene rings is 1. The Morgan fingerprint density at radius 2 is 2.06 bits per heavy atom. The molecule has 5 N–H and O–H groups in total. The number of aliphatic hydroxyl groups excluding tert-OH is 1. The molecule has 2 aromatic heterocycles. The van der Waals surface area contributed by atoms with Crippen molar-refractivity contribution in [3.63, 3.8) is 0 Å². The smallest absolute Gasteiger partial charge is 0.354 e. The zero-order chi connectivity index (χ0) is 23.5. The number of amides is 2. The van der Waals surface area contributed by atoms with Crippen LogP contribution in [0.25, 0.3) is 0 Å². The fraction of sp³-hybridized carbons (Fsp3) is 0.545. The molecule has 2 amide bonds. The summed E-state index contributed by atoms with van der Waals surface area (Å²) in [5.41, 5.74) is 3.96. The summed E-state index contributed by atoms with van der Waals surface area (Å²) >= 11 is 0.992. The van der Waals surface area contributed by atoms with Crippen molar-refractivity contribution in [3.8, 4) is 0 Å². The van der Waals surface area contributed by atoms with Gasteiger partial charge in [-0.25, -0.2) is 14.1 Å². The molecule has 0 saturated carbocycles. The molecular weight excluding hydrogens is 448 g/mol. The van der Waals surface area contributed by atoms with Gasteiger partial charge < -0.3 is 15.5 Å². The molecule has 0 radical (unpaired) electrons. The number of hydrogen-bond donors (Lipinski definition) is 4. The SMILES string of the molecule is CC(C)(O)c1sc(S(N)(=O)=NC(=O)Nc2c3c(nc4c2CCC4(C)C)CCC3)cc1CO. The molecule has 32 heavy (non-hydrogen) atoms. The Morgan fingerprint density at radius 1 is 1.34 bits per heavy atom. The van der Waals surface area contributed by atoms with E-state index in [0.29, 0.717) is 10.4 Å². The van der Waals surface area contributed by atoms with Gasteiger partial charge in [0.05, 0.1) is 23.6 Å². The molecule has 2 aliphatic carbocycles. The van der Waals surface area contributed by atoms with Crippen molar-refractivity contribution in [2.24, 2.45) is 9.50 Å². The molecule has 0 aromatic carbocycles. The largest absolute Gasteiger partial charge is 0.392 e. The fourth-order valence-corrected chi connectivity index (χ4v) is 7.05. The number of pyridine rings is 1. The number of nitrogens with one attached hydrogen (secondary N) is 1. The molecule has 4 rings (SSSR count). The van der Waals surface area contributed by atoms with Crippen LogP contribution in [0.15, 0.2) is 14.6 Å². The standard InChI is InChI=1S/C22H30N4O4S2/c1-21(2)9-8-14-17(13-6-5-7-15(13)24-18(14)21)25-20(28)26-32(23,30)16-10-12(11-27)19(31-16)22(3,4)29/h10,27,29H,5-9,11H2,1-4H3,(H3,23,24,25,26,28,30). The highest BCUT2D eigenvalue weighted by atomic mass is 32.2. The van der Waals surface area contributed by atoms with Crippen molar-refractivity contribution in [2.45, 2.75) is 81.6 Å². The number of fused-ring (bicyclic) bond motifs is 2. The van der Waals surface area contributed by atoms with Crippen LogP contribution in [-0.2, 0) is 46.8 Å². The lowest BCUT2D eigenvalue weighted by Gasteiger charge is -2.20. The summed E-state index contributed by atoms with van der Waals surface area (Å²) in [5.74, 6) is 0. The lowest BCUT2D eigenvalue weighted by atomic mass is 9.90. The van der Waals surface area contributed by atoms with Gasteiger partial charge in [0.15, 0.2) is 9.92 Å². The van der Waals surface area contributed by atoms with E-state index >= 15 is 0 Å². The Hall–Kier alpha value is -1.85. The normalized spacial score (nSPS) is 18.7. The van der Waals surface area contributed by atoms with Crippen LogP contribution in [0.1, 0.15) is 73.5 Å². The van der Waals surface area contributed by atoms with E-state index < -0.39 is 21.5 Å². The van der Waals surface area contributed by atoms with Crippen molar-refractivity contribution in [3.05, 3.63) is 39.0 Å². The van der Waals surface area contributed by atoms with Crippen molar-refractivity contribution in [2.75, 3.05) is 5.32 Å². The first-order valence-electron chi connectivity index (χ1n) is 10.7. The summed E-state index contributed by atoms with van der Waals surface area (Å²) in [4.78, 5) is 18.2. The van der Waals surface area contributed by atoms with Gasteiger partial charge in [-0.3, -0.25) is 4.98 Å². The first-order valence-corrected chi connectivity index (χ1v) is 13.1. The van der Waals surface area contributed by atoms with Gasteiger partial charge in [-0.05, 0) is 68.7 Å². The van der Waals surface area contributed by atoms with E-state index in [4.69, 9.17) is 10.1 Å². The molecule has 1 atom stereocenters. The Balaban J connectivity index is 1.71. The van der Waals surface area contributed by atoms with Crippen molar-refractivity contribution in [1.29, 1.82) is 0 Å². The summed E-state index contributed by atoms with van der Waals surface area (Å²) in [6.45, 7) is 7.10. The molecular formula is C22H30N4O4S2. The van der Waals surface area contributed by atoms with Gasteiger partial charge in [-0.1, -0.05) is 13.8 Å². The molecule has 0 bridgehead atoms. The average Bonchev–Trinajstić information content (AvgIpc) is 3.38. The Bertz CT molecular complexity index is 1220. The second kappa shape index (κ2) is 7.88. The number of hydrogen-bond acceptors (Lipinski definition) is 6. The first-order chi connectivity index (χ1) is 14.8. The van der Waals surface area contributed by atoms with Gasteiger partial charge in [-0.2, -0.15) is 0 Å². The van der Waals surface area contributed by atoms with E-state index in [2.05, 4.69) is 23.5 Å². The lowest BCUT2D eigenvalue weighted by Crippen LogP contribution is -2.19. The Labute approximate surface area is 192 Å². The number of aliphatic hydroxyl groups is 2. The van der Waals surface area contributed by atoms with Gasteiger partial charge in [-0.15, -0.1) is 15.7 Å². The molecule has 2 heterocycles. The number of aromatic nitrogens is 1. The highest BCUT2D eigenvalue weighted by Crippen LogP contribution is 2.44. The maximum Gasteiger partial charge on any atom is 0.354 e. The third-order valence-electron chi connectivity index (χ3n) is 6.22. The number of carbonyl (C=O) groups is 1. The van der Waals surface area contributed by atoms with E-state index in [-0.39, 0.29) is 16.2 Å². The minimum atomic E-state index is -3.56. The van der Waals surface area contributed by atoms with Crippen LogP contribution in [0.4, 0.5) is 10.5 Å². The van der Waals surface area contributed by atoms with Crippen LogP contribution >= 0.6 is 11.3 Å². The van der Waals surface area contributed by atoms with E-state index in [1.807, 2.05) is 0 Å². The predicted octanol–water partition coefficient (Wildman–Crippen LogP) is 3.51. The molecule has 1 unspecified atom stereocenters. The van der Waals surface area contributed by atoms with Crippen LogP contribution in [0.2, 0.25) is 0 Å². The first kappa shape index (κ1) is 23.3. The Morgan fingerprint density at radius 3 is 2.69 bits per heavy atom. The molecule has 10 heteroatoms. The summed E-state index contributed by atoms with van der Waals surface area (Å²) in [6.07, 6.45) is 4.47. The average molecular weight is 479 g/mol. The van der Waals surface area contributed by atoms with Gasteiger partial charge >= 0.3 is 6.03 Å². The molecule has 0 spiro atoms. The van der Waals surface area contributed by atoms with Crippen LogP contribution < -0.4 is 10.5 Å². The van der Waals surface area contributed by atoms with Gasteiger partial charge in [0.1, 0.15) is 4.21 Å². The quantitative estimate of drug-likeness (QED) is 0.533. The Kier molecular flexibility index (Phi) is 5.74. The van der Waals surface area contributed by atoms with Crippen molar-refractivity contribution >= 4 is 33.0 Å². The number of nitrogens with two attached hydrogens (primary N) is 1. The van der Waals surface area contributed by atoms with E-state index in [1.54, 1.807) is 13.8 Å². The number of carbonyl (C=O) groups excluding carboxylic acids is 1. The molecule has 2 aliphatic rings. The number of nitrogens with zero attached hydrogens (tertiary/aromatic N) is 2. The molecule has 2 aromatic rings. The van der Waals surface area contributed by atoms with Gasteiger partial charge in [0.2, 0.25) is 0 Å². The van der Waals surface area contributed by atoms with E-state index in [9.17, 15) is 19.2 Å². The van der Waals surface area contributed by atoms with E-state index in [0.717, 1.165) is 71.6 Å². The van der Waals surface area contributed by atoms with Crippen LogP contribution in [0.5, 0.6) is 0 Å². The monoisotopic (exact) mass is 478 g/mol. The fourth-order valence-electron chi connectivity index (χ4n) is 4.61. The maximum absolute atomic E-state index is 13.2. The van der Waals surface area contributed by atoms with Crippen LogP contribution in [-0.4, -0.2) is 25.4 Å². The predicted molar refractivity (Wildman–Crippen MR) is 125 cm³/mol. The van der Waals surface area contributed by atoms with Crippen LogP contribution in [0, 0.1) is 0 Å². The maximum atomic E-state index is 13.2. The molecule has 0 fully saturated rings. The number of anilines is 1. The third kappa shape index (κ3) is 4.10. The zero-order valence-corrected chi connectivity index (χ0v) is 20.5. The zero-order valence-electron chi connectivity index (χ0n) is 18.8. The molecule has 8 nitrogen and oxygen atoms in total. The molecule has 0 aliphatic heterocycles. The number of urea groups is 1. The van der Waals surface area contributed by atoms with Crippen LogP contribution in [0.3, 0.4) is 0 Å². The topological polar surface area (TPSA) is 138 Å². The minimum absolute atomic E-state index is 0.0594. The third-order valence-corrected chi connectivity index (χ3v) is 9.60. The highest BCUT2D eigenvalue weighted by Gasteiger charge is 2.36. The van der Waals surface area contributed by atoms with Crippen molar-refractivity contribution < 1.29 is 19.2 Å².